The van der Waals surface area contributed by atoms with Crippen LogP contribution in [-0.4, -0.2) is 47.5 Å². The average molecular weight is 478 g/mol. The van der Waals surface area contributed by atoms with Gasteiger partial charge >= 0.3 is 0 Å². The molecule has 35 heavy (non-hydrogen) atoms. The second-order valence-electron chi connectivity index (χ2n) is 7.93. The first-order chi connectivity index (χ1) is 17.0. The van der Waals surface area contributed by atoms with E-state index in [-0.39, 0.29) is 23.5 Å². The van der Waals surface area contributed by atoms with Crippen molar-refractivity contribution in [2.24, 2.45) is 4.99 Å². The molecule has 2 atom stereocenters. The molecule has 1 amide bonds. The van der Waals surface area contributed by atoms with Crippen molar-refractivity contribution in [3.63, 3.8) is 0 Å². The van der Waals surface area contributed by atoms with Gasteiger partial charge in [-0.1, -0.05) is 24.3 Å². The Hall–Kier alpha value is -3.75. The van der Waals surface area contributed by atoms with Crippen LogP contribution in [0.3, 0.4) is 0 Å². The van der Waals surface area contributed by atoms with Gasteiger partial charge in [-0.25, -0.2) is 8.78 Å². The molecule has 6 nitrogen and oxygen atoms in total. The summed E-state index contributed by atoms with van der Waals surface area (Å²) in [6, 6.07) is 14.7. The monoisotopic (exact) mass is 477 g/mol. The van der Waals surface area contributed by atoms with E-state index in [1.165, 1.54) is 30.3 Å². The number of rotatable bonds is 9. The number of benzene rings is 2. The quantitative estimate of drug-likeness (QED) is 0.486. The minimum absolute atomic E-state index is 0.0598. The van der Waals surface area contributed by atoms with Crippen LogP contribution in [-0.2, 0) is 4.74 Å². The third-order valence-electron chi connectivity index (χ3n) is 5.66. The van der Waals surface area contributed by atoms with Gasteiger partial charge in [0.25, 0.3) is 5.91 Å². The van der Waals surface area contributed by atoms with Crippen molar-refractivity contribution in [2.75, 3.05) is 19.8 Å². The van der Waals surface area contributed by atoms with E-state index in [0.29, 0.717) is 18.0 Å². The number of ether oxygens (including phenoxy) is 1. The standard InChI is InChI=1S/C27H25F2N3O3/c1-2-35-26(22-8-3-4-13-30-22)24(16-33)32-27(34)20-6-5-7-21(29)25(20)23-14-18(15-31-23)17-9-11-19(28)12-10-17/h3-14,24,26,33H,2,15-16H2,1H3,(H,32,34)/t24-,26?/m0/s1. The number of halogens is 2. The van der Waals surface area contributed by atoms with Crippen LogP contribution in [0.1, 0.15) is 40.2 Å². The number of carbonyl (C=O) groups is 1. The van der Waals surface area contributed by atoms with Crippen molar-refractivity contribution in [1.82, 2.24) is 10.3 Å². The van der Waals surface area contributed by atoms with E-state index < -0.39 is 30.5 Å². The van der Waals surface area contributed by atoms with Crippen LogP contribution >= 0.6 is 0 Å². The van der Waals surface area contributed by atoms with Crippen LogP contribution in [0, 0.1) is 11.6 Å². The lowest BCUT2D eigenvalue weighted by atomic mass is 9.98. The first-order valence-corrected chi connectivity index (χ1v) is 11.3. The number of aliphatic hydroxyl groups excluding tert-OH is 1. The van der Waals surface area contributed by atoms with Gasteiger partial charge in [0.15, 0.2) is 0 Å². The van der Waals surface area contributed by atoms with Gasteiger partial charge in [0.05, 0.1) is 36.2 Å². The molecule has 0 saturated carbocycles. The first kappa shape index (κ1) is 24.4. The summed E-state index contributed by atoms with van der Waals surface area (Å²) in [7, 11) is 0. The maximum Gasteiger partial charge on any atom is 0.252 e. The Morgan fingerprint density at radius 2 is 1.91 bits per heavy atom. The number of aliphatic imine (C=N–C) groups is 1. The second-order valence-corrected chi connectivity index (χ2v) is 7.93. The fourth-order valence-corrected chi connectivity index (χ4v) is 3.98. The van der Waals surface area contributed by atoms with Gasteiger partial charge in [-0.15, -0.1) is 0 Å². The van der Waals surface area contributed by atoms with Gasteiger partial charge in [-0.2, -0.15) is 0 Å². The van der Waals surface area contributed by atoms with Gasteiger partial charge in [-0.05, 0) is 60.5 Å². The Kier molecular flexibility index (Phi) is 7.74. The number of hydrogen-bond acceptors (Lipinski definition) is 5. The van der Waals surface area contributed by atoms with Crippen molar-refractivity contribution in [1.29, 1.82) is 0 Å². The molecular formula is C27H25F2N3O3. The highest BCUT2D eigenvalue weighted by atomic mass is 19.1. The van der Waals surface area contributed by atoms with Crippen LogP contribution in [0.2, 0.25) is 0 Å². The highest BCUT2D eigenvalue weighted by molar-refractivity contribution is 6.19. The van der Waals surface area contributed by atoms with E-state index in [9.17, 15) is 18.7 Å². The van der Waals surface area contributed by atoms with Gasteiger partial charge in [0.2, 0.25) is 0 Å². The van der Waals surface area contributed by atoms with Crippen LogP contribution in [0.5, 0.6) is 0 Å². The molecule has 8 heteroatoms. The number of aromatic nitrogens is 1. The molecule has 1 aliphatic heterocycles. The largest absolute Gasteiger partial charge is 0.394 e. The van der Waals surface area contributed by atoms with Crippen molar-refractivity contribution >= 4 is 17.2 Å². The molecule has 2 heterocycles. The zero-order valence-corrected chi connectivity index (χ0v) is 19.1. The molecule has 1 aromatic heterocycles. The van der Waals surface area contributed by atoms with Crippen LogP contribution in [0.4, 0.5) is 8.78 Å². The number of amides is 1. The van der Waals surface area contributed by atoms with Crippen LogP contribution in [0.25, 0.3) is 5.57 Å². The first-order valence-electron chi connectivity index (χ1n) is 11.3. The number of hydrogen-bond donors (Lipinski definition) is 2. The molecule has 0 spiro atoms. The van der Waals surface area contributed by atoms with E-state index >= 15 is 0 Å². The minimum atomic E-state index is -0.815. The Morgan fingerprint density at radius 1 is 1.11 bits per heavy atom. The number of allylic oxidation sites excluding steroid dienone is 1. The summed E-state index contributed by atoms with van der Waals surface area (Å²) in [5, 5.41) is 12.8. The lowest BCUT2D eigenvalue weighted by molar-refractivity contribution is 0.0134. The average Bonchev–Trinajstić information content (AvgIpc) is 3.36. The lowest BCUT2D eigenvalue weighted by Crippen LogP contribution is -2.43. The molecule has 2 N–H and O–H groups in total. The zero-order chi connectivity index (χ0) is 24.8. The summed E-state index contributed by atoms with van der Waals surface area (Å²) < 4.78 is 34.0. The summed E-state index contributed by atoms with van der Waals surface area (Å²) in [5.41, 5.74) is 2.57. The molecule has 0 aliphatic carbocycles. The molecule has 180 valence electrons. The van der Waals surface area contributed by atoms with Gasteiger partial charge in [0, 0.05) is 18.4 Å². The molecule has 0 fully saturated rings. The smallest absolute Gasteiger partial charge is 0.252 e. The number of carbonyl (C=O) groups excluding carboxylic acids is 1. The predicted octanol–water partition coefficient (Wildman–Crippen LogP) is 4.11. The molecule has 0 saturated heterocycles. The van der Waals surface area contributed by atoms with Crippen molar-refractivity contribution in [2.45, 2.75) is 19.1 Å². The molecule has 4 rings (SSSR count). The van der Waals surface area contributed by atoms with Crippen LogP contribution in [0.15, 0.2) is 77.9 Å². The summed E-state index contributed by atoms with van der Waals surface area (Å²) in [6.45, 7) is 2.02. The van der Waals surface area contributed by atoms with Crippen molar-refractivity contribution < 1.29 is 23.4 Å². The van der Waals surface area contributed by atoms with Gasteiger partial charge < -0.3 is 15.2 Å². The summed E-state index contributed by atoms with van der Waals surface area (Å²) in [6.07, 6.45) is 2.61. The lowest BCUT2D eigenvalue weighted by Gasteiger charge is -2.26. The normalized spacial score (nSPS) is 14.7. The molecular weight excluding hydrogens is 452 g/mol. The van der Waals surface area contributed by atoms with Gasteiger partial charge in [-0.3, -0.25) is 14.8 Å². The maximum absolute atomic E-state index is 15.0. The maximum atomic E-state index is 15.0. The predicted molar refractivity (Wildman–Crippen MR) is 129 cm³/mol. The topological polar surface area (TPSA) is 83.8 Å². The van der Waals surface area contributed by atoms with E-state index in [0.717, 1.165) is 11.1 Å². The van der Waals surface area contributed by atoms with E-state index in [1.807, 2.05) is 0 Å². The Bertz CT molecular complexity index is 1240. The number of pyridine rings is 1. The number of nitrogens with one attached hydrogen (secondary N) is 1. The van der Waals surface area contributed by atoms with E-state index in [1.54, 1.807) is 49.5 Å². The molecule has 3 aromatic rings. The van der Waals surface area contributed by atoms with E-state index in [2.05, 4.69) is 15.3 Å². The number of nitrogens with zero attached hydrogens (tertiary/aromatic N) is 2. The molecule has 0 bridgehead atoms. The highest BCUT2D eigenvalue weighted by Crippen LogP contribution is 2.26. The Balaban J connectivity index is 1.62. The molecule has 2 aromatic carbocycles. The van der Waals surface area contributed by atoms with E-state index in [4.69, 9.17) is 4.74 Å². The Labute approximate surface area is 202 Å². The fourth-order valence-electron chi connectivity index (χ4n) is 3.98. The number of aliphatic hydroxyl groups is 1. The van der Waals surface area contributed by atoms with Crippen LogP contribution < -0.4 is 5.32 Å². The second kappa shape index (κ2) is 11.1. The SMILES string of the molecule is CCOC(c1ccccn1)[C@H](CO)NC(=O)c1cccc(F)c1C1=NCC(c2ccc(F)cc2)=C1. The third-order valence-corrected chi connectivity index (χ3v) is 5.66. The highest BCUT2D eigenvalue weighted by Gasteiger charge is 2.28. The summed E-state index contributed by atoms with van der Waals surface area (Å²) >= 11 is 0. The van der Waals surface area contributed by atoms with Gasteiger partial charge in [0.1, 0.15) is 17.7 Å². The molecule has 0 radical (unpaired) electrons. The zero-order valence-electron chi connectivity index (χ0n) is 19.1. The van der Waals surface area contributed by atoms with Crippen molar-refractivity contribution in [3.8, 4) is 0 Å². The molecule has 1 aliphatic rings. The minimum Gasteiger partial charge on any atom is -0.394 e. The Morgan fingerprint density at radius 3 is 2.60 bits per heavy atom. The fraction of sp³-hybridized carbons (Fsp3) is 0.222. The summed E-state index contributed by atoms with van der Waals surface area (Å²) in [4.78, 5) is 22.0. The summed E-state index contributed by atoms with van der Waals surface area (Å²) in [5.74, 6) is -1.53. The molecule has 1 unspecified atom stereocenters. The van der Waals surface area contributed by atoms with Crippen molar-refractivity contribution in [3.05, 3.63) is 107 Å². The third kappa shape index (κ3) is 5.50.